The number of unbranched alkanes of at least 4 members (excludes halogenated alkanes) is 15. The summed E-state index contributed by atoms with van der Waals surface area (Å²) in [6, 6.07) is 0. The van der Waals surface area contributed by atoms with Crippen LogP contribution in [0.2, 0.25) is 0 Å². The van der Waals surface area contributed by atoms with E-state index in [0.717, 1.165) is 96.3 Å². The zero-order valence-corrected chi connectivity index (χ0v) is 42.3. The fourth-order valence-corrected chi connectivity index (χ4v) is 7.89. The van der Waals surface area contributed by atoms with Crippen molar-refractivity contribution in [2.24, 2.45) is 0 Å². The van der Waals surface area contributed by atoms with Crippen LogP contribution in [-0.4, -0.2) is 142 Å². The normalized spacial score (nSPS) is 26.3. The maximum absolute atomic E-state index is 13.0. The SMILES string of the molecule is CC/C=C\C/C=C\C/C=C\CCCCCCCC(=O)OC(COCCCCCCCCC/C=C\C/C=C\C/C=C\CCCCC)COC1OC(COC2OC(CO)C(O)C(O)C2O)C(O)C(O)C1O. The lowest BCUT2D eigenvalue weighted by molar-refractivity contribution is -0.332. The predicted octanol–water partition coefficient (Wildman–Crippen LogP) is 8.29. The standard InChI is InChI=1S/C55H94O14/c1-3-5-7-9-11-13-15-17-19-20-21-22-23-25-27-29-31-33-35-37-39-64-41-44(67-47(57)38-36-34-32-30-28-26-24-18-16-14-12-10-8-6-4-2)42-65-54-53(63)51(61)49(59)46(69-54)43-66-55-52(62)50(60)48(58)45(40-56)68-55/h6,8,11-14,17-19,21-22,24,44-46,48-56,58-63H,3-5,7,9-10,15-16,20,23,25-43H2,1-2H3/b8-6-,13-11-,14-12-,19-17-,22-21-,24-18-. The highest BCUT2D eigenvalue weighted by atomic mass is 16.7. The van der Waals surface area contributed by atoms with Gasteiger partial charge in [0.05, 0.1) is 26.4 Å². The Kier molecular flexibility index (Phi) is 38.1. The number of rotatable bonds is 41. The summed E-state index contributed by atoms with van der Waals surface area (Å²) < 4.78 is 34.3. The van der Waals surface area contributed by atoms with Crippen molar-refractivity contribution in [3.05, 3.63) is 72.9 Å². The molecule has 0 spiro atoms. The number of hydrogen-bond acceptors (Lipinski definition) is 14. The Balaban J connectivity index is 1.76. The van der Waals surface area contributed by atoms with E-state index in [2.05, 4.69) is 86.8 Å². The fraction of sp³-hybridized carbons (Fsp3) is 0.764. The Labute approximate surface area is 415 Å². The lowest BCUT2D eigenvalue weighted by atomic mass is 9.98. The second-order valence-corrected chi connectivity index (χ2v) is 18.3. The van der Waals surface area contributed by atoms with Crippen LogP contribution in [0.25, 0.3) is 0 Å². The van der Waals surface area contributed by atoms with E-state index < -0.39 is 86.7 Å². The van der Waals surface area contributed by atoms with Crippen LogP contribution in [0.1, 0.15) is 168 Å². The first-order valence-electron chi connectivity index (χ1n) is 26.5. The quantitative estimate of drug-likeness (QED) is 0.0175. The largest absolute Gasteiger partial charge is 0.457 e. The molecule has 11 atom stereocenters. The summed E-state index contributed by atoms with van der Waals surface area (Å²) in [5.41, 5.74) is 0. The topological polar surface area (TPSA) is 214 Å². The summed E-state index contributed by atoms with van der Waals surface area (Å²) in [7, 11) is 0. The van der Waals surface area contributed by atoms with E-state index in [1.807, 2.05) is 0 Å². The van der Waals surface area contributed by atoms with E-state index in [0.29, 0.717) is 13.0 Å². The van der Waals surface area contributed by atoms with Gasteiger partial charge in [0.1, 0.15) is 54.9 Å². The van der Waals surface area contributed by atoms with Crippen LogP contribution in [0.3, 0.4) is 0 Å². The molecule has 14 heteroatoms. The summed E-state index contributed by atoms with van der Waals surface area (Å²) in [5, 5.41) is 72.2. The van der Waals surface area contributed by atoms with Crippen molar-refractivity contribution in [3.63, 3.8) is 0 Å². The average molecular weight is 979 g/mol. The van der Waals surface area contributed by atoms with Crippen molar-refractivity contribution in [1.29, 1.82) is 0 Å². The van der Waals surface area contributed by atoms with Crippen LogP contribution in [0.4, 0.5) is 0 Å². The molecule has 0 aliphatic carbocycles. The molecule has 398 valence electrons. The van der Waals surface area contributed by atoms with Crippen LogP contribution in [0, 0.1) is 0 Å². The molecule has 2 heterocycles. The van der Waals surface area contributed by atoms with Gasteiger partial charge in [-0.05, 0) is 83.5 Å². The molecule has 2 saturated heterocycles. The Hall–Kier alpha value is -2.57. The van der Waals surface area contributed by atoms with Gasteiger partial charge >= 0.3 is 5.97 Å². The van der Waals surface area contributed by atoms with Gasteiger partial charge in [-0.3, -0.25) is 4.79 Å². The third-order valence-electron chi connectivity index (χ3n) is 12.2. The van der Waals surface area contributed by atoms with Gasteiger partial charge in [-0.1, -0.05) is 151 Å². The van der Waals surface area contributed by atoms with Crippen molar-refractivity contribution < 1.29 is 69.0 Å². The van der Waals surface area contributed by atoms with Gasteiger partial charge < -0.3 is 64.2 Å². The number of carbonyl (C=O) groups excluding carboxylic acids is 1. The van der Waals surface area contributed by atoms with E-state index in [1.165, 1.54) is 44.9 Å². The number of ether oxygens (including phenoxy) is 6. The van der Waals surface area contributed by atoms with Crippen LogP contribution < -0.4 is 0 Å². The molecule has 11 unspecified atom stereocenters. The van der Waals surface area contributed by atoms with Crippen molar-refractivity contribution in [2.45, 2.75) is 235 Å². The van der Waals surface area contributed by atoms with Gasteiger partial charge in [0, 0.05) is 13.0 Å². The van der Waals surface area contributed by atoms with Crippen LogP contribution in [0.5, 0.6) is 0 Å². The van der Waals surface area contributed by atoms with Gasteiger partial charge in [0.25, 0.3) is 0 Å². The maximum atomic E-state index is 13.0. The van der Waals surface area contributed by atoms with Crippen LogP contribution in [-0.2, 0) is 33.2 Å². The smallest absolute Gasteiger partial charge is 0.306 e. The van der Waals surface area contributed by atoms with E-state index >= 15 is 0 Å². The van der Waals surface area contributed by atoms with Crippen LogP contribution >= 0.6 is 0 Å². The van der Waals surface area contributed by atoms with Crippen molar-refractivity contribution in [2.75, 3.05) is 33.0 Å². The van der Waals surface area contributed by atoms with Crippen molar-refractivity contribution in [1.82, 2.24) is 0 Å². The molecule has 2 fully saturated rings. The monoisotopic (exact) mass is 979 g/mol. The maximum Gasteiger partial charge on any atom is 0.306 e. The minimum absolute atomic E-state index is 0.0437. The third-order valence-corrected chi connectivity index (χ3v) is 12.2. The number of aliphatic hydroxyl groups excluding tert-OH is 7. The molecule has 0 radical (unpaired) electrons. The third kappa shape index (κ3) is 29.5. The minimum Gasteiger partial charge on any atom is -0.457 e. The molecule has 14 nitrogen and oxygen atoms in total. The Morgan fingerprint density at radius 2 is 0.942 bits per heavy atom. The Morgan fingerprint density at radius 1 is 0.493 bits per heavy atom. The van der Waals surface area contributed by atoms with E-state index in [1.54, 1.807) is 0 Å². The second-order valence-electron chi connectivity index (χ2n) is 18.3. The molecule has 0 aromatic heterocycles. The van der Waals surface area contributed by atoms with E-state index in [4.69, 9.17) is 28.4 Å². The number of carbonyl (C=O) groups is 1. The first-order valence-corrected chi connectivity index (χ1v) is 26.5. The summed E-state index contributed by atoms with van der Waals surface area (Å²) in [6.45, 7) is 3.49. The molecule has 0 amide bonds. The Bertz CT molecular complexity index is 1410. The number of aliphatic hydroxyl groups is 7. The summed E-state index contributed by atoms with van der Waals surface area (Å²) in [4.78, 5) is 13.0. The summed E-state index contributed by atoms with van der Waals surface area (Å²) in [6.07, 6.45) is 35.3. The van der Waals surface area contributed by atoms with E-state index in [9.17, 15) is 40.5 Å². The zero-order valence-electron chi connectivity index (χ0n) is 42.3. The molecule has 2 aliphatic heterocycles. The highest BCUT2D eigenvalue weighted by Gasteiger charge is 2.47. The fourth-order valence-electron chi connectivity index (χ4n) is 7.89. The summed E-state index contributed by atoms with van der Waals surface area (Å²) in [5.74, 6) is -0.400. The highest BCUT2D eigenvalue weighted by Crippen LogP contribution is 2.26. The lowest BCUT2D eigenvalue weighted by Gasteiger charge is -2.42. The first-order chi connectivity index (χ1) is 33.6. The first kappa shape index (κ1) is 62.5. The van der Waals surface area contributed by atoms with Gasteiger partial charge in [-0.2, -0.15) is 0 Å². The van der Waals surface area contributed by atoms with E-state index in [-0.39, 0.29) is 19.6 Å². The number of hydrogen-bond donors (Lipinski definition) is 7. The summed E-state index contributed by atoms with van der Waals surface area (Å²) >= 11 is 0. The molecule has 0 aromatic rings. The van der Waals surface area contributed by atoms with Crippen molar-refractivity contribution >= 4 is 5.97 Å². The molecule has 7 N–H and O–H groups in total. The molecule has 0 saturated carbocycles. The molecule has 2 aliphatic rings. The van der Waals surface area contributed by atoms with Gasteiger partial charge in [-0.25, -0.2) is 0 Å². The number of esters is 1. The van der Waals surface area contributed by atoms with Crippen molar-refractivity contribution in [3.8, 4) is 0 Å². The second kappa shape index (κ2) is 42.0. The molecule has 0 bridgehead atoms. The molecule has 0 aromatic carbocycles. The highest BCUT2D eigenvalue weighted by molar-refractivity contribution is 5.69. The Morgan fingerprint density at radius 3 is 1.48 bits per heavy atom. The molecule has 2 rings (SSSR count). The lowest BCUT2D eigenvalue weighted by Crippen LogP contribution is -2.61. The molecular formula is C55H94O14. The van der Waals surface area contributed by atoms with Gasteiger partial charge in [-0.15, -0.1) is 0 Å². The average Bonchev–Trinajstić information content (AvgIpc) is 3.35. The molecular weight excluding hydrogens is 885 g/mol. The van der Waals surface area contributed by atoms with Gasteiger partial charge in [0.15, 0.2) is 12.6 Å². The minimum atomic E-state index is -1.72. The van der Waals surface area contributed by atoms with Crippen LogP contribution in [0.15, 0.2) is 72.9 Å². The zero-order chi connectivity index (χ0) is 50.2. The molecule has 69 heavy (non-hydrogen) atoms. The predicted molar refractivity (Wildman–Crippen MR) is 270 cm³/mol. The van der Waals surface area contributed by atoms with Gasteiger partial charge in [0.2, 0.25) is 0 Å². The number of allylic oxidation sites excluding steroid dienone is 12.